The van der Waals surface area contributed by atoms with Crippen LogP contribution in [-0.2, 0) is 35.4 Å². The van der Waals surface area contributed by atoms with Gasteiger partial charge in [-0.15, -0.1) is 0 Å². The van der Waals surface area contributed by atoms with Crippen LogP contribution in [-0.4, -0.2) is 243 Å². The number of pyridine rings is 8. The minimum absolute atomic E-state index is 0. The van der Waals surface area contributed by atoms with Crippen LogP contribution in [0.15, 0.2) is 174 Å². The Balaban J connectivity index is 0.000000147. The number of likely N-dealkylation sites (tertiary alicyclic amines) is 1. The number of rotatable bonds is 28. The summed E-state index contributed by atoms with van der Waals surface area (Å²) >= 11 is 41.8. The quantitative estimate of drug-likeness (QED) is 0.0226. The van der Waals surface area contributed by atoms with Crippen LogP contribution < -0.4 is 39.8 Å². The molecule has 18 heterocycles. The number of imidazole rings is 7. The van der Waals surface area contributed by atoms with Crippen LogP contribution in [0.4, 0.5) is 0 Å². The van der Waals surface area contributed by atoms with E-state index in [-0.39, 0.29) is 90.1 Å². The lowest BCUT2D eigenvalue weighted by atomic mass is 10.0. The Labute approximate surface area is 848 Å². The van der Waals surface area contributed by atoms with Gasteiger partial charge >= 0.3 is 39.8 Å². The van der Waals surface area contributed by atoms with E-state index in [1.807, 2.05) is 44.2 Å². The van der Waals surface area contributed by atoms with E-state index >= 15 is 0 Å². The fourth-order valence-electron chi connectivity index (χ4n) is 18.0. The number of morpholine rings is 2. The van der Waals surface area contributed by atoms with Crippen molar-refractivity contribution < 1.29 is 14.6 Å². The van der Waals surface area contributed by atoms with Crippen molar-refractivity contribution in [3.8, 4) is 0 Å². The van der Waals surface area contributed by atoms with Gasteiger partial charge in [0.25, 0.3) is 0 Å². The maximum absolute atomic E-state index is 12.7. The van der Waals surface area contributed by atoms with Gasteiger partial charge in [-0.1, -0.05) is 153 Å². The van der Waals surface area contributed by atoms with E-state index < -0.39 is 0 Å². The number of fused-ring (bicyclic) bond motifs is 7. The standard InChI is InChI=1S/C19H21ClN4O2.C15H23ClN4O.C13H17ClN4O2.C13H11ClN4O.C13H17ClN4O.C12H16ClN3O.C11H14ClN3O2.H2S/c20-15-11-17-18(21-12-15)22-19(25)24(17)16(10-14-4-2-1-3-5-14)13-23-6-8-26-9-7-23;1-4-19(5-2)8-6-7-11(3)20-13-9-12(16)10-17-14(13)18-15(20)21;1-9(8-17-2-4-20-5-3-17)18-11-6-10(14)7-15-12(11)16-13(18)19;14-10-7-11-12(16-8-10)17-13(19)18(11)6-3-9-1-4-15-5-2-9;1-17-5-2-3-10(17)4-6-18-11-7-9(14)8-15-12(11)16-13(18)19;1-4-9(7(2)3)16-10-5-8(13)6-14-11(10)15-12(16)17;1-2-8(3-4-16)15-9-5-7(12)6-13-10(9)14-11(15)17;/h1-5,11-12,16H,6-10,13H2,(H,21,22,25);9-11H,4-8H2,1-3H3,(H,17,18,21);6-7,9H,2-5,8H2,1H3,(H,15,16,19);1-2,4-5,7-8H,3,6H2,(H,16,17,19);7-8,10H,2-6H2,1H3,(H,15,16,19);5-7,9H,4H2,1-3H3,(H,14,15,17);5-6,8,16H,2-4H2,1H3,(H,13,14,17);1H2/t16-;;9-;;;;8-;/m1.0...1./s1. The van der Waals surface area contributed by atoms with E-state index in [9.17, 15) is 33.6 Å². The molecule has 3 unspecified atom stereocenters. The molecule has 19 rings (SSSR count). The fourth-order valence-corrected chi connectivity index (χ4v) is 19.1. The summed E-state index contributed by atoms with van der Waals surface area (Å²) in [5.74, 6) is 0.385. The summed E-state index contributed by atoms with van der Waals surface area (Å²) in [6, 6.07) is 27.4. The molecule has 3 fully saturated rings. The van der Waals surface area contributed by atoms with Crippen LogP contribution in [0.5, 0.6) is 0 Å². The summed E-state index contributed by atoms with van der Waals surface area (Å²) in [5.41, 5.74) is 10.6. The first-order valence-corrected chi connectivity index (χ1v) is 49.5. The number of halogens is 7. The number of aliphatic hydroxyl groups excluding tert-OH is 1. The highest BCUT2D eigenvalue weighted by Gasteiger charge is 2.28. The third-order valence-electron chi connectivity index (χ3n) is 25.2. The van der Waals surface area contributed by atoms with Gasteiger partial charge in [0.1, 0.15) is 0 Å². The molecular formula is C96H121Cl7N26O10S. The summed E-state index contributed by atoms with van der Waals surface area (Å²) in [5, 5.41) is 12.7. The number of aromatic nitrogens is 22. The first-order chi connectivity index (χ1) is 67.0. The van der Waals surface area contributed by atoms with Crippen LogP contribution in [0, 0.1) is 5.92 Å². The monoisotopic (exact) mass is 2070 g/mol. The average molecular weight is 2080 g/mol. The van der Waals surface area contributed by atoms with Crippen molar-refractivity contribution in [1.82, 2.24) is 126 Å². The van der Waals surface area contributed by atoms with Gasteiger partial charge in [0.05, 0.1) is 106 Å². The molecule has 8 N–H and O–H groups in total. The highest BCUT2D eigenvalue weighted by atomic mass is 35.5. The molecule has 750 valence electrons. The van der Waals surface area contributed by atoms with Crippen molar-refractivity contribution in [2.75, 3.05) is 106 Å². The molecule has 15 aromatic heterocycles. The SMILES string of the molecule is CCC(C(C)C)n1c(=O)[nH]c2ncc(Cl)cc21.CCN(CC)CCCC(C)n1c(=O)[nH]c2ncc(Cl)cc21.CC[C@H](CCO)n1c(=O)[nH]c2ncc(Cl)cc21.CN1CCCC1CCn1c(=O)[nH]c2ncc(Cl)cc21.C[C@@H](CN1CCOCC1)n1c(=O)[nH]c2ncc(Cl)cc21.O=c1[nH]c2ncc(Cl)cc2n1CCc1ccncc1.O=c1[nH]c2ncc(Cl)cc2n1[C@H](Cc1ccccc1)CN1CCOCC1.S. The number of benzene rings is 1. The Bertz CT molecular complexity index is 7170. The second-order valence-electron chi connectivity index (χ2n) is 34.8. The number of aromatic amines is 7. The van der Waals surface area contributed by atoms with Gasteiger partial charge in [-0.05, 0) is 183 Å². The molecule has 6 atom stereocenters. The first kappa shape index (κ1) is 108. The molecular weight excluding hydrogens is 1960 g/mol. The van der Waals surface area contributed by atoms with Gasteiger partial charge < -0.3 is 24.4 Å². The molecule has 44 heteroatoms. The number of aryl methyl sites for hydroxylation is 3. The number of nitrogens with zero attached hydrogens (tertiary/aromatic N) is 19. The minimum atomic E-state index is -0.213. The summed E-state index contributed by atoms with van der Waals surface area (Å²) in [6.45, 7) is 30.5. The number of aliphatic hydroxyl groups is 1. The zero-order valence-corrected chi connectivity index (χ0v) is 86.0. The summed E-state index contributed by atoms with van der Waals surface area (Å²) in [7, 11) is 2.15. The summed E-state index contributed by atoms with van der Waals surface area (Å²) in [4.78, 5) is 146. The molecule has 3 aliphatic heterocycles. The van der Waals surface area contributed by atoms with Crippen LogP contribution in [0.2, 0.25) is 35.2 Å². The first-order valence-electron chi connectivity index (χ1n) is 46.9. The van der Waals surface area contributed by atoms with E-state index in [1.165, 1.54) is 37.0 Å². The maximum Gasteiger partial charge on any atom is 0.327 e. The number of hydrogen-bond donors (Lipinski definition) is 8. The molecule has 0 radical (unpaired) electrons. The number of hydrogen-bond acceptors (Lipinski definition) is 22. The molecule has 3 saturated heterocycles. The van der Waals surface area contributed by atoms with Crippen LogP contribution >= 0.6 is 94.7 Å². The lowest BCUT2D eigenvalue weighted by Gasteiger charge is -2.31. The Morgan fingerprint density at radius 3 is 1.22 bits per heavy atom. The molecule has 0 aliphatic carbocycles. The lowest BCUT2D eigenvalue weighted by molar-refractivity contribution is 0.0315. The van der Waals surface area contributed by atoms with Crippen molar-refractivity contribution in [1.29, 1.82) is 0 Å². The van der Waals surface area contributed by atoms with Crippen molar-refractivity contribution in [3.05, 3.63) is 260 Å². The van der Waals surface area contributed by atoms with Gasteiger partial charge in [0.15, 0.2) is 39.5 Å². The van der Waals surface area contributed by atoms with Gasteiger partial charge in [0.2, 0.25) is 0 Å². The molecule has 0 amide bonds. The highest BCUT2D eigenvalue weighted by molar-refractivity contribution is 7.59. The molecule has 16 aromatic rings. The zero-order valence-electron chi connectivity index (χ0n) is 79.7. The van der Waals surface area contributed by atoms with Crippen LogP contribution in [0.3, 0.4) is 0 Å². The molecule has 0 saturated carbocycles. The van der Waals surface area contributed by atoms with E-state index in [4.69, 9.17) is 95.8 Å². The molecule has 0 spiro atoms. The third-order valence-corrected chi connectivity index (χ3v) is 26.6. The summed E-state index contributed by atoms with van der Waals surface area (Å²) in [6.07, 6.45) is 23.4. The molecule has 1 aromatic carbocycles. The topological polar surface area (TPSA) is 419 Å². The average Bonchev–Trinajstić information content (AvgIpc) is 1.61. The van der Waals surface area contributed by atoms with Crippen molar-refractivity contribution in [3.63, 3.8) is 0 Å². The summed E-state index contributed by atoms with van der Waals surface area (Å²) < 4.78 is 22.8. The normalized spacial score (nSPS) is 15.2. The molecule has 3 aliphatic rings. The zero-order chi connectivity index (χ0) is 99.1. The lowest BCUT2D eigenvalue weighted by Crippen LogP contribution is -2.41. The van der Waals surface area contributed by atoms with Gasteiger partial charge in [-0.2, -0.15) is 13.5 Å². The maximum atomic E-state index is 12.7. The van der Waals surface area contributed by atoms with E-state index in [1.54, 1.807) is 112 Å². The smallest absolute Gasteiger partial charge is 0.327 e. The van der Waals surface area contributed by atoms with Crippen LogP contribution in [0.25, 0.3) is 78.1 Å². The Morgan fingerprint density at radius 2 is 0.814 bits per heavy atom. The number of nitrogens with one attached hydrogen (secondary N) is 7. The Kier molecular flexibility index (Phi) is 40.1. The Morgan fingerprint density at radius 1 is 0.436 bits per heavy atom. The van der Waals surface area contributed by atoms with Crippen molar-refractivity contribution in [2.24, 2.45) is 5.92 Å². The molecule has 0 bridgehead atoms. The van der Waals surface area contributed by atoms with E-state index in [0.717, 1.165) is 175 Å². The third kappa shape index (κ3) is 28.1. The van der Waals surface area contributed by atoms with Crippen molar-refractivity contribution >= 4 is 173 Å². The van der Waals surface area contributed by atoms with E-state index in [2.05, 4.69) is 155 Å². The largest absolute Gasteiger partial charge is 0.396 e. The van der Waals surface area contributed by atoms with Gasteiger partial charge in [-0.3, -0.25) is 81.6 Å². The second kappa shape index (κ2) is 51.9. The second-order valence-corrected chi connectivity index (χ2v) is 37.9. The number of ether oxygens (including phenoxy) is 2. The van der Waals surface area contributed by atoms with Gasteiger partial charge in [0, 0.05) is 145 Å². The molecule has 140 heavy (non-hydrogen) atoms. The Hall–Kier alpha value is -10.6. The predicted molar refractivity (Wildman–Crippen MR) is 561 cm³/mol. The van der Waals surface area contributed by atoms with Crippen molar-refractivity contribution in [2.45, 2.75) is 169 Å². The molecule has 36 nitrogen and oxygen atoms in total. The predicted octanol–water partition coefficient (Wildman–Crippen LogP) is 15.5. The number of H-pyrrole nitrogens is 7. The fraction of sp³-hybridized carbons (Fsp3) is 0.448. The minimum Gasteiger partial charge on any atom is -0.396 e. The van der Waals surface area contributed by atoms with Gasteiger partial charge in [-0.25, -0.2) is 68.4 Å². The van der Waals surface area contributed by atoms with E-state index in [0.29, 0.717) is 112 Å². The van der Waals surface area contributed by atoms with Crippen LogP contribution in [0.1, 0.15) is 148 Å². The highest BCUT2D eigenvalue weighted by Crippen LogP contribution is 2.30.